The number of carbonyl (C=O) groups is 1. The molecule has 64 heavy (non-hydrogen) atoms. The number of hydrogen-bond acceptors (Lipinski definition) is 16. The summed E-state index contributed by atoms with van der Waals surface area (Å²) in [6.07, 6.45) is -13.8. The van der Waals surface area contributed by atoms with Gasteiger partial charge in [0.05, 0.1) is 31.5 Å². The summed E-state index contributed by atoms with van der Waals surface area (Å²) in [7, 11) is 0. The van der Waals surface area contributed by atoms with Gasteiger partial charge in [0, 0.05) is 0 Å². The Kier molecular flexibility index (Phi) is 13.0. The van der Waals surface area contributed by atoms with Crippen LogP contribution in [0.4, 0.5) is 0 Å². The van der Waals surface area contributed by atoms with Crippen molar-refractivity contribution < 1.29 is 84.3 Å². The average Bonchev–Trinajstić information content (AvgIpc) is 3.21. The van der Waals surface area contributed by atoms with Crippen molar-refractivity contribution in [2.24, 2.45) is 50.2 Å². The van der Waals surface area contributed by atoms with Crippen molar-refractivity contribution in [2.75, 3.05) is 13.2 Å². The Morgan fingerprint density at radius 3 is 2.06 bits per heavy atom. The van der Waals surface area contributed by atoms with E-state index < -0.39 is 127 Å². The molecule has 4 saturated carbocycles. The lowest BCUT2D eigenvalue weighted by Crippen LogP contribution is -2.68. The van der Waals surface area contributed by atoms with Crippen molar-refractivity contribution >= 4 is 5.97 Å². The van der Waals surface area contributed by atoms with Crippen molar-refractivity contribution in [1.29, 1.82) is 0 Å². The van der Waals surface area contributed by atoms with Crippen LogP contribution >= 0.6 is 0 Å². The maximum absolute atomic E-state index is 13.2. The second-order valence-electron chi connectivity index (χ2n) is 23.1. The number of aliphatic hydroxyl groups is 9. The molecular weight excluding hydrogens is 837 g/mol. The number of rotatable bonds is 8. The number of fused-ring (bicyclic) bond motifs is 7. The predicted octanol–water partition coefficient (Wildman–Crippen LogP) is 1.34. The molecule has 0 amide bonds. The van der Waals surface area contributed by atoms with Gasteiger partial charge in [-0.25, -0.2) is 0 Å². The third-order valence-corrected chi connectivity index (χ3v) is 19.0. The summed E-state index contributed by atoms with van der Waals surface area (Å²) >= 11 is 0. The minimum atomic E-state index is -1.81. The largest absolute Gasteiger partial charge is 0.481 e. The second kappa shape index (κ2) is 16.9. The van der Waals surface area contributed by atoms with E-state index in [1.807, 2.05) is 0 Å². The third-order valence-electron chi connectivity index (χ3n) is 19.0. The summed E-state index contributed by atoms with van der Waals surface area (Å²) in [5.74, 6) is -0.697. The Bertz CT molecular complexity index is 1760. The molecule has 17 heteroatoms. The van der Waals surface area contributed by atoms with Crippen LogP contribution in [0.2, 0.25) is 0 Å². The SMILES string of the molecule is C[C@@H]1O[C@@H](O[C@H]2[C@H](O[C@H]3CC[C@@]4(C)C(CC[C@]5(C)[C@@H]4CC=C4[C@H]6CC(C)(C)CC[C@]6(C(=O)O)[C@H](O)C[C@]45C)C3(C)C)OC[C@H](O)[C@@H]2O)[C@H](O)[C@H](O[C@@H]2O[C@H](CO)[C@@H](O)[C@H](O)[C@H]2O)[C@H]1O. The molecule has 0 spiro atoms. The Labute approximate surface area is 376 Å². The Hall–Kier alpha value is -1.39. The molecule has 7 fully saturated rings. The van der Waals surface area contributed by atoms with Crippen molar-refractivity contribution in [3.8, 4) is 0 Å². The molecular formula is C47H76O17. The zero-order chi connectivity index (χ0) is 46.9. The van der Waals surface area contributed by atoms with E-state index in [1.165, 1.54) is 12.5 Å². The summed E-state index contributed by atoms with van der Waals surface area (Å²) in [6.45, 7) is 16.4. The first-order valence-electron chi connectivity index (χ1n) is 23.7. The summed E-state index contributed by atoms with van der Waals surface area (Å²) in [5, 5.41) is 108. The number of allylic oxidation sites excluding steroid dienone is 2. The van der Waals surface area contributed by atoms with Crippen LogP contribution in [0.25, 0.3) is 0 Å². The van der Waals surface area contributed by atoms with Crippen LogP contribution < -0.4 is 0 Å². The molecule has 0 radical (unpaired) electrons. The monoisotopic (exact) mass is 913 g/mol. The molecule has 366 valence electrons. The number of aliphatic carboxylic acids is 1. The van der Waals surface area contributed by atoms with Crippen LogP contribution in [0.15, 0.2) is 11.6 Å². The van der Waals surface area contributed by atoms with E-state index in [2.05, 4.69) is 54.5 Å². The van der Waals surface area contributed by atoms with Crippen molar-refractivity contribution in [1.82, 2.24) is 0 Å². The second-order valence-corrected chi connectivity index (χ2v) is 23.1. The summed E-state index contributed by atoms with van der Waals surface area (Å²) in [5.41, 5.74) is -1.17. The highest BCUT2D eigenvalue weighted by atomic mass is 16.8. The van der Waals surface area contributed by atoms with Gasteiger partial charge in [-0.05, 0) is 110 Å². The highest BCUT2D eigenvalue weighted by Gasteiger charge is 2.71. The molecule has 3 aliphatic heterocycles. The van der Waals surface area contributed by atoms with Gasteiger partial charge in [-0.15, -0.1) is 0 Å². The molecule has 23 atom stereocenters. The fourth-order valence-corrected chi connectivity index (χ4v) is 14.9. The molecule has 10 N–H and O–H groups in total. The van der Waals surface area contributed by atoms with Gasteiger partial charge < -0.3 is 79.5 Å². The smallest absolute Gasteiger partial charge is 0.312 e. The fraction of sp³-hybridized carbons (Fsp3) is 0.936. The van der Waals surface area contributed by atoms with E-state index >= 15 is 0 Å². The van der Waals surface area contributed by atoms with Crippen molar-refractivity contribution in [3.63, 3.8) is 0 Å². The number of ether oxygens (including phenoxy) is 6. The van der Waals surface area contributed by atoms with Crippen LogP contribution in [-0.2, 0) is 33.2 Å². The molecule has 3 heterocycles. The average molecular weight is 913 g/mol. The Morgan fingerprint density at radius 1 is 0.719 bits per heavy atom. The molecule has 3 saturated heterocycles. The predicted molar refractivity (Wildman–Crippen MR) is 225 cm³/mol. The lowest BCUT2D eigenvalue weighted by Gasteiger charge is -2.71. The molecule has 0 bridgehead atoms. The Balaban J connectivity index is 1.01. The van der Waals surface area contributed by atoms with E-state index in [9.17, 15) is 55.9 Å². The molecule has 8 rings (SSSR count). The van der Waals surface area contributed by atoms with E-state index in [0.717, 1.165) is 38.5 Å². The molecule has 5 aliphatic carbocycles. The van der Waals surface area contributed by atoms with Gasteiger partial charge in [0.1, 0.15) is 66.5 Å². The number of aliphatic hydroxyl groups excluding tert-OH is 9. The van der Waals surface area contributed by atoms with Gasteiger partial charge in [-0.2, -0.15) is 0 Å². The van der Waals surface area contributed by atoms with Gasteiger partial charge in [0.15, 0.2) is 18.9 Å². The highest BCUT2D eigenvalue weighted by molar-refractivity contribution is 5.77. The molecule has 8 aliphatic rings. The van der Waals surface area contributed by atoms with E-state index in [1.54, 1.807) is 0 Å². The summed E-state index contributed by atoms with van der Waals surface area (Å²) < 4.78 is 36.3. The quantitative estimate of drug-likeness (QED) is 0.122. The van der Waals surface area contributed by atoms with Gasteiger partial charge in [-0.3, -0.25) is 4.79 Å². The first-order valence-corrected chi connectivity index (χ1v) is 23.7. The van der Waals surface area contributed by atoms with Crippen LogP contribution in [0, 0.1) is 50.2 Å². The van der Waals surface area contributed by atoms with E-state index in [4.69, 9.17) is 28.4 Å². The van der Waals surface area contributed by atoms with Crippen LogP contribution in [0.5, 0.6) is 0 Å². The molecule has 0 aromatic carbocycles. The van der Waals surface area contributed by atoms with E-state index in [0.29, 0.717) is 19.3 Å². The van der Waals surface area contributed by atoms with Gasteiger partial charge >= 0.3 is 5.97 Å². The lowest BCUT2D eigenvalue weighted by atomic mass is 9.33. The minimum Gasteiger partial charge on any atom is -0.481 e. The maximum atomic E-state index is 13.2. The van der Waals surface area contributed by atoms with Gasteiger partial charge in [0.2, 0.25) is 0 Å². The number of carboxylic acids is 1. The standard InChI is InChI=1S/C47H76O17/c1-21-30(51)36(63-38-34(55)33(54)32(53)25(19-48)61-38)35(56)39(60-21)64-37-31(52)24(49)20-59-40(37)62-29-12-13-44(6)26(43(29,4)5)11-14-45(7)27(44)10-9-22-23-17-42(2,3)15-16-47(23,41(57)58)28(50)18-46(22,45)8/h9,21,23-40,48-56H,10-20H2,1-8H3,(H,57,58)/t21-,23+,24-,25+,26?,27+,28+,29-,30-,31-,32+,33-,34+,35+,36+,37+,38-,39-,40-,44-,45+,46+,47+/m0/s1. The maximum Gasteiger partial charge on any atom is 0.312 e. The number of hydrogen-bond donors (Lipinski definition) is 10. The fourth-order valence-electron chi connectivity index (χ4n) is 14.9. The first-order chi connectivity index (χ1) is 29.8. The summed E-state index contributed by atoms with van der Waals surface area (Å²) in [4.78, 5) is 13.2. The normalized spacial score (nSPS) is 54.6. The molecule has 0 aromatic heterocycles. The van der Waals surface area contributed by atoms with Crippen molar-refractivity contribution in [3.05, 3.63) is 11.6 Å². The van der Waals surface area contributed by atoms with Gasteiger partial charge in [-0.1, -0.05) is 60.1 Å². The first kappa shape index (κ1) is 49.0. The lowest BCUT2D eigenvalue weighted by molar-refractivity contribution is -0.382. The summed E-state index contributed by atoms with van der Waals surface area (Å²) in [6, 6.07) is 0. The number of carboxylic acid groups (broad SMARTS) is 1. The minimum absolute atomic E-state index is 0.0370. The Morgan fingerprint density at radius 2 is 1.39 bits per heavy atom. The van der Waals surface area contributed by atoms with E-state index in [-0.39, 0.29) is 40.6 Å². The molecule has 0 aromatic rings. The van der Waals surface area contributed by atoms with Gasteiger partial charge in [0.25, 0.3) is 0 Å². The van der Waals surface area contributed by atoms with Crippen molar-refractivity contribution in [2.45, 2.75) is 211 Å². The molecule has 17 nitrogen and oxygen atoms in total. The zero-order valence-electron chi connectivity index (χ0n) is 38.7. The zero-order valence-corrected chi connectivity index (χ0v) is 38.7. The highest BCUT2D eigenvalue weighted by Crippen LogP contribution is 2.76. The van der Waals surface area contributed by atoms with Crippen LogP contribution in [-0.4, -0.2) is 168 Å². The topological polar surface area (TPSA) is 275 Å². The molecule has 1 unspecified atom stereocenters. The third kappa shape index (κ3) is 7.40. The van der Waals surface area contributed by atoms with Crippen LogP contribution in [0.1, 0.15) is 113 Å². The van der Waals surface area contributed by atoms with Crippen LogP contribution in [0.3, 0.4) is 0 Å².